The molecule has 24 heavy (non-hydrogen) atoms. The molecule has 0 unspecified atom stereocenters. The molecule has 5 nitrogen and oxygen atoms in total. The van der Waals surface area contributed by atoms with Crippen LogP contribution in [-0.2, 0) is 6.54 Å². The van der Waals surface area contributed by atoms with Gasteiger partial charge in [0.2, 0.25) is 0 Å². The van der Waals surface area contributed by atoms with Gasteiger partial charge in [-0.3, -0.25) is 4.68 Å². The van der Waals surface area contributed by atoms with E-state index < -0.39 is 5.97 Å². The van der Waals surface area contributed by atoms with Crippen LogP contribution in [0.1, 0.15) is 15.9 Å². The fourth-order valence-electron chi connectivity index (χ4n) is 2.90. The van der Waals surface area contributed by atoms with Gasteiger partial charge in [-0.15, -0.1) is 0 Å². The molecule has 0 aliphatic heterocycles. The van der Waals surface area contributed by atoms with Gasteiger partial charge in [-0.25, -0.2) is 4.79 Å². The Hall–Kier alpha value is -3.34. The van der Waals surface area contributed by atoms with Crippen LogP contribution < -0.4 is 0 Å². The molecule has 2 heterocycles. The van der Waals surface area contributed by atoms with E-state index in [9.17, 15) is 9.90 Å². The summed E-state index contributed by atoms with van der Waals surface area (Å²) in [5.41, 5.74) is 3.15. The second-order valence-corrected chi connectivity index (χ2v) is 5.62. The average molecular weight is 317 g/mol. The molecule has 0 spiro atoms. The highest BCUT2D eigenvalue weighted by molar-refractivity contribution is 6.04. The third-order valence-corrected chi connectivity index (χ3v) is 4.03. The number of carbonyl (C=O) groups is 1. The Labute approximate surface area is 138 Å². The Kier molecular flexibility index (Phi) is 3.39. The molecule has 0 atom stereocenters. The first kappa shape index (κ1) is 14.3. The summed E-state index contributed by atoms with van der Waals surface area (Å²) in [5, 5.41) is 14.5. The number of hydrogen-bond acceptors (Lipinski definition) is 2. The molecule has 1 N–H and O–H groups in total. The van der Waals surface area contributed by atoms with Gasteiger partial charge in [-0.05, 0) is 11.6 Å². The first-order valence-electron chi connectivity index (χ1n) is 7.62. The third-order valence-electron chi connectivity index (χ3n) is 4.03. The molecule has 5 heteroatoms. The fourth-order valence-corrected chi connectivity index (χ4v) is 2.90. The van der Waals surface area contributed by atoms with E-state index in [-0.39, 0.29) is 0 Å². The van der Waals surface area contributed by atoms with Crippen LogP contribution in [0.3, 0.4) is 0 Å². The largest absolute Gasteiger partial charge is 0.478 e. The van der Waals surface area contributed by atoms with Crippen LogP contribution in [-0.4, -0.2) is 25.4 Å². The van der Waals surface area contributed by atoms with Gasteiger partial charge in [-0.2, -0.15) is 5.10 Å². The highest BCUT2D eigenvalue weighted by Gasteiger charge is 2.15. The molecule has 0 aliphatic carbocycles. The van der Waals surface area contributed by atoms with E-state index in [0.29, 0.717) is 12.1 Å². The van der Waals surface area contributed by atoms with Crippen LogP contribution in [0.4, 0.5) is 0 Å². The average Bonchev–Trinajstić information content (AvgIpc) is 3.20. The van der Waals surface area contributed by atoms with Crippen molar-refractivity contribution in [2.75, 3.05) is 0 Å². The van der Waals surface area contributed by atoms with Crippen molar-refractivity contribution < 1.29 is 9.90 Å². The van der Waals surface area contributed by atoms with Crippen LogP contribution in [0.15, 0.2) is 73.2 Å². The molecule has 0 saturated heterocycles. The van der Waals surface area contributed by atoms with Gasteiger partial charge in [0.15, 0.2) is 0 Å². The van der Waals surface area contributed by atoms with Gasteiger partial charge < -0.3 is 9.67 Å². The summed E-state index contributed by atoms with van der Waals surface area (Å²) in [7, 11) is 0. The molecule has 0 radical (unpaired) electrons. The number of carboxylic acids is 1. The van der Waals surface area contributed by atoms with E-state index in [1.54, 1.807) is 12.4 Å². The lowest BCUT2D eigenvalue weighted by molar-refractivity contribution is 0.0699. The Morgan fingerprint density at radius 1 is 1.00 bits per heavy atom. The molecule has 0 bridgehead atoms. The molecule has 118 valence electrons. The molecule has 0 saturated carbocycles. The minimum atomic E-state index is -0.929. The first-order chi connectivity index (χ1) is 11.7. The lowest BCUT2D eigenvalue weighted by Gasteiger charge is -2.02. The number of carboxylic acid groups (broad SMARTS) is 1. The zero-order valence-electron chi connectivity index (χ0n) is 12.8. The summed E-state index contributed by atoms with van der Waals surface area (Å²) in [5.74, 6) is -0.929. The molecule has 4 rings (SSSR count). The van der Waals surface area contributed by atoms with Gasteiger partial charge in [0.25, 0.3) is 0 Å². The van der Waals surface area contributed by atoms with E-state index in [1.165, 1.54) is 0 Å². The number of hydrogen-bond donors (Lipinski definition) is 1. The van der Waals surface area contributed by atoms with E-state index in [0.717, 1.165) is 22.2 Å². The van der Waals surface area contributed by atoms with Gasteiger partial charge in [0, 0.05) is 17.8 Å². The Morgan fingerprint density at radius 3 is 2.54 bits per heavy atom. The van der Waals surface area contributed by atoms with Crippen LogP contribution >= 0.6 is 0 Å². The van der Waals surface area contributed by atoms with E-state index in [1.807, 2.05) is 57.9 Å². The molecule has 2 aromatic carbocycles. The minimum Gasteiger partial charge on any atom is -0.478 e. The lowest BCUT2D eigenvalue weighted by Crippen LogP contribution is -1.99. The van der Waals surface area contributed by atoms with Crippen molar-refractivity contribution in [3.8, 4) is 5.69 Å². The highest BCUT2D eigenvalue weighted by atomic mass is 16.4. The Morgan fingerprint density at radius 2 is 1.75 bits per heavy atom. The number of fused-ring (bicyclic) bond motifs is 1. The van der Waals surface area contributed by atoms with Crippen molar-refractivity contribution in [3.05, 3.63) is 84.3 Å². The SMILES string of the molecule is O=C(O)c1cn(-c2cnn(Cc3ccccc3)c2)c2ccccc12. The summed E-state index contributed by atoms with van der Waals surface area (Å²) in [6.07, 6.45) is 5.32. The maximum Gasteiger partial charge on any atom is 0.337 e. The normalized spacial score (nSPS) is 11.0. The molecule has 4 aromatic rings. The number of aromatic nitrogens is 3. The molecular formula is C19H15N3O2. The number of benzene rings is 2. The standard InChI is InChI=1S/C19H15N3O2/c23-19(24)17-13-22(18-9-5-4-8-16(17)18)15-10-20-21(12-15)11-14-6-2-1-3-7-14/h1-10,12-13H,11H2,(H,23,24). The van der Waals surface area contributed by atoms with Gasteiger partial charge in [0.05, 0.1) is 29.5 Å². The molecule has 0 fully saturated rings. The summed E-state index contributed by atoms with van der Waals surface area (Å²) in [6, 6.07) is 17.6. The van der Waals surface area contributed by atoms with Crippen molar-refractivity contribution >= 4 is 16.9 Å². The number of rotatable bonds is 4. The van der Waals surface area contributed by atoms with E-state index in [4.69, 9.17) is 0 Å². The Balaban J connectivity index is 1.75. The summed E-state index contributed by atoms with van der Waals surface area (Å²) >= 11 is 0. The van der Waals surface area contributed by atoms with Crippen molar-refractivity contribution in [2.24, 2.45) is 0 Å². The van der Waals surface area contributed by atoms with Gasteiger partial charge in [0.1, 0.15) is 0 Å². The van der Waals surface area contributed by atoms with Crippen LogP contribution in [0.25, 0.3) is 16.6 Å². The predicted octanol–water partition coefficient (Wildman–Crippen LogP) is 3.57. The van der Waals surface area contributed by atoms with Gasteiger partial charge in [-0.1, -0.05) is 48.5 Å². The maximum absolute atomic E-state index is 11.5. The lowest BCUT2D eigenvalue weighted by atomic mass is 10.2. The molecule has 2 aromatic heterocycles. The van der Waals surface area contributed by atoms with Crippen molar-refractivity contribution in [2.45, 2.75) is 6.54 Å². The summed E-state index contributed by atoms with van der Waals surface area (Å²) < 4.78 is 3.72. The molecule has 0 aliphatic rings. The monoisotopic (exact) mass is 317 g/mol. The molecule has 0 amide bonds. The van der Waals surface area contributed by atoms with E-state index in [2.05, 4.69) is 17.2 Å². The summed E-state index contributed by atoms with van der Waals surface area (Å²) in [4.78, 5) is 11.5. The predicted molar refractivity (Wildman–Crippen MR) is 91.6 cm³/mol. The minimum absolute atomic E-state index is 0.293. The third kappa shape index (κ3) is 2.46. The topological polar surface area (TPSA) is 60.0 Å². The van der Waals surface area contributed by atoms with Gasteiger partial charge >= 0.3 is 5.97 Å². The second-order valence-electron chi connectivity index (χ2n) is 5.62. The Bertz CT molecular complexity index is 1020. The number of para-hydroxylation sites is 1. The quantitative estimate of drug-likeness (QED) is 0.626. The maximum atomic E-state index is 11.5. The zero-order valence-corrected chi connectivity index (χ0v) is 12.8. The smallest absolute Gasteiger partial charge is 0.337 e. The van der Waals surface area contributed by atoms with E-state index >= 15 is 0 Å². The fraction of sp³-hybridized carbons (Fsp3) is 0.0526. The number of aromatic carboxylic acids is 1. The van der Waals surface area contributed by atoms with Crippen LogP contribution in [0.5, 0.6) is 0 Å². The highest BCUT2D eigenvalue weighted by Crippen LogP contribution is 2.24. The van der Waals surface area contributed by atoms with Crippen LogP contribution in [0, 0.1) is 0 Å². The summed E-state index contributed by atoms with van der Waals surface area (Å²) in [6.45, 7) is 0.672. The first-order valence-corrected chi connectivity index (χ1v) is 7.62. The van der Waals surface area contributed by atoms with Crippen molar-refractivity contribution in [3.63, 3.8) is 0 Å². The zero-order chi connectivity index (χ0) is 16.5. The molecular weight excluding hydrogens is 302 g/mol. The second kappa shape index (κ2) is 5.70. The van der Waals surface area contributed by atoms with Crippen molar-refractivity contribution in [1.82, 2.24) is 14.3 Å². The van der Waals surface area contributed by atoms with Crippen molar-refractivity contribution in [1.29, 1.82) is 0 Å². The number of nitrogens with zero attached hydrogens (tertiary/aromatic N) is 3. The van der Waals surface area contributed by atoms with Crippen LogP contribution in [0.2, 0.25) is 0 Å².